The molecular weight excluding hydrogens is 356 g/mol. The average molecular weight is 388 g/mol. The molecule has 4 N–H and O–H groups in total. The quantitative estimate of drug-likeness (QED) is 0.405. The number of carboxylic acid groups (broad SMARTS) is 2. The van der Waals surface area contributed by atoms with Crippen LogP contribution in [-0.2, 0) is 31.3 Å². The molecule has 0 aromatic heterocycles. The topological polar surface area (TPSA) is 161 Å². The molecule has 0 atom stereocenters. The summed E-state index contributed by atoms with van der Waals surface area (Å²) in [4.78, 5) is 19.3. The van der Waals surface area contributed by atoms with Gasteiger partial charge in [0.15, 0.2) is 0 Å². The van der Waals surface area contributed by atoms with E-state index in [9.17, 15) is 19.8 Å². The predicted octanol–water partition coefficient (Wildman–Crippen LogP) is -1.97. The zero-order valence-electron chi connectivity index (χ0n) is 15.8. The average Bonchev–Trinajstić information content (AvgIpc) is 2.26. The molecule has 0 spiro atoms. The Bertz CT molecular complexity index is 277. The van der Waals surface area contributed by atoms with Crippen LogP contribution in [0.25, 0.3) is 0 Å². The molecule has 0 rings (SSSR count). The summed E-state index contributed by atoms with van der Waals surface area (Å²) in [5.74, 6) is -2.46. The normalized spacial score (nSPS) is 10.1. The molecule has 24 heavy (non-hydrogen) atoms. The summed E-state index contributed by atoms with van der Waals surface area (Å²) in [6.07, 6.45) is -0.167. The minimum absolute atomic E-state index is 0. The van der Waals surface area contributed by atoms with Crippen LogP contribution in [0.4, 0.5) is 0 Å². The molecule has 0 unspecified atom stereocenters. The molecule has 0 aliphatic rings. The van der Waals surface area contributed by atoms with Crippen LogP contribution in [0.2, 0.25) is 0 Å². The van der Waals surface area contributed by atoms with E-state index >= 15 is 0 Å². The Morgan fingerprint density at radius 1 is 0.875 bits per heavy atom. The number of hydrogen-bond donors (Lipinski definition) is 4. The van der Waals surface area contributed by atoms with E-state index in [4.69, 9.17) is 20.4 Å². The first-order chi connectivity index (χ1) is 9.89. The van der Waals surface area contributed by atoms with Crippen LogP contribution < -0.4 is 10.2 Å². The van der Waals surface area contributed by atoms with E-state index in [-0.39, 0.29) is 27.8 Å². The maximum atomic E-state index is 9.66. The van der Waals surface area contributed by atoms with E-state index in [0.717, 1.165) is 27.7 Å². The van der Waals surface area contributed by atoms with E-state index < -0.39 is 23.1 Å². The zero-order chi connectivity index (χ0) is 20.0. The Morgan fingerprint density at radius 3 is 0.958 bits per heavy atom. The fourth-order valence-electron chi connectivity index (χ4n) is 0. The van der Waals surface area contributed by atoms with Crippen molar-refractivity contribution in [3.05, 3.63) is 0 Å². The van der Waals surface area contributed by atoms with Crippen molar-refractivity contribution in [3.63, 3.8) is 0 Å². The number of aliphatic hydroxyl groups excluding tert-OH is 2. The van der Waals surface area contributed by atoms with Crippen molar-refractivity contribution in [2.24, 2.45) is 5.92 Å². The second-order valence-corrected chi connectivity index (χ2v) is 6.36. The molecule has 0 radical (unpaired) electrons. The monoisotopic (exact) mass is 388 g/mol. The second-order valence-electron chi connectivity index (χ2n) is 6.36. The van der Waals surface area contributed by atoms with Crippen molar-refractivity contribution in [2.45, 2.75) is 72.7 Å². The van der Waals surface area contributed by atoms with Crippen LogP contribution in [0, 0.1) is 5.92 Å². The third-order valence-electron chi connectivity index (χ3n) is 1.36. The maximum absolute atomic E-state index is 9.66. The van der Waals surface area contributed by atoms with Gasteiger partial charge in [0.2, 0.25) is 0 Å². The Morgan fingerprint density at radius 2 is 0.958 bits per heavy atom. The fourth-order valence-corrected chi connectivity index (χ4v) is 0. The molecule has 0 amide bonds. The van der Waals surface area contributed by atoms with Gasteiger partial charge in [0.1, 0.15) is 0 Å². The van der Waals surface area contributed by atoms with Crippen molar-refractivity contribution >= 4 is 11.9 Å². The van der Waals surface area contributed by atoms with Crippen LogP contribution in [-0.4, -0.2) is 56.3 Å². The number of hydrogen-bond acceptors (Lipinski definition) is 8. The van der Waals surface area contributed by atoms with Crippen LogP contribution in [0.5, 0.6) is 0 Å². The molecule has 0 bridgehead atoms. The molecule has 0 heterocycles. The molecule has 144 valence electrons. The summed E-state index contributed by atoms with van der Waals surface area (Å²) in [7, 11) is 0. The Hall–Kier alpha value is -0.506. The third-order valence-corrected chi connectivity index (χ3v) is 1.36. The summed E-state index contributed by atoms with van der Waals surface area (Å²) < 4.78 is 0. The summed E-state index contributed by atoms with van der Waals surface area (Å²) in [6, 6.07) is 0. The van der Waals surface area contributed by atoms with Gasteiger partial charge in [-0.15, -0.1) is 0 Å². The fraction of sp³-hybridized carbons (Fsp3) is 0.867. The summed E-state index contributed by atoms with van der Waals surface area (Å²) in [6.45, 7) is 12.3. The first kappa shape index (κ1) is 34.8. The van der Waals surface area contributed by atoms with Gasteiger partial charge >= 0.3 is 21.7 Å². The van der Waals surface area contributed by atoms with E-state index in [1.807, 2.05) is 13.8 Å². The van der Waals surface area contributed by atoms with Crippen molar-refractivity contribution in [1.29, 1.82) is 0 Å². The van der Waals surface area contributed by atoms with Gasteiger partial charge in [-0.3, -0.25) is 0 Å². The molecule has 0 aromatic rings. The predicted molar refractivity (Wildman–Crippen MR) is 81.9 cm³/mol. The van der Waals surface area contributed by atoms with Gasteiger partial charge < -0.3 is 40.2 Å². The SMILES string of the molecule is CC(C)(O)C(=O)[O-].CC(C)(O)C(=O)[O-].CC(C)CO.CC(C)O.[Ti+2]. The van der Waals surface area contributed by atoms with Crippen molar-refractivity contribution in [1.82, 2.24) is 0 Å². The minimum Gasteiger partial charge on any atom is -0.547 e. The van der Waals surface area contributed by atoms with Crippen molar-refractivity contribution in [2.75, 3.05) is 6.61 Å². The molecule has 0 saturated carbocycles. The molecule has 0 aliphatic heterocycles. The summed E-state index contributed by atoms with van der Waals surface area (Å²) in [5, 5.41) is 52.4. The number of aliphatic hydroxyl groups is 4. The smallest absolute Gasteiger partial charge is 0.547 e. The van der Waals surface area contributed by atoms with Gasteiger partial charge in [-0.2, -0.15) is 0 Å². The van der Waals surface area contributed by atoms with Crippen molar-refractivity contribution in [3.8, 4) is 0 Å². The molecule has 8 nitrogen and oxygen atoms in total. The second kappa shape index (κ2) is 17.3. The maximum Gasteiger partial charge on any atom is 2.00 e. The van der Waals surface area contributed by atoms with E-state index in [2.05, 4.69) is 0 Å². The molecule has 9 heteroatoms. The van der Waals surface area contributed by atoms with Gasteiger partial charge in [-0.1, -0.05) is 13.8 Å². The largest absolute Gasteiger partial charge is 2.00 e. The molecule has 0 aromatic carbocycles. The van der Waals surface area contributed by atoms with Crippen LogP contribution >= 0.6 is 0 Å². The molecule has 0 fully saturated rings. The van der Waals surface area contributed by atoms with Gasteiger partial charge in [0.25, 0.3) is 0 Å². The Balaban J connectivity index is -0.0000000675. The summed E-state index contributed by atoms with van der Waals surface area (Å²) >= 11 is 0. The minimum atomic E-state index is -1.69. The Labute approximate surface area is 159 Å². The van der Waals surface area contributed by atoms with Crippen molar-refractivity contribution < 1.29 is 61.9 Å². The van der Waals surface area contributed by atoms with E-state index in [1.165, 1.54) is 0 Å². The van der Waals surface area contributed by atoms with Crippen LogP contribution in [0.3, 0.4) is 0 Å². The first-order valence-electron chi connectivity index (χ1n) is 7.06. The molecule has 0 saturated heterocycles. The molecule has 0 aliphatic carbocycles. The number of carbonyl (C=O) groups is 2. The van der Waals surface area contributed by atoms with Gasteiger partial charge in [0, 0.05) is 12.7 Å². The zero-order valence-corrected chi connectivity index (χ0v) is 17.3. The molecular formula is C15H32O8Ti. The van der Waals surface area contributed by atoms with Gasteiger partial charge in [-0.05, 0) is 47.5 Å². The number of rotatable bonds is 3. The summed E-state index contributed by atoms with van der Waals surface area (Å²) in [5.41, 5.74) is -3.39. The van der Waals surface area contributed by atoms with Crippen LogP contribution in [0.1, 0.15) is 55.4 Å². The van der Waals surface area contributed by atoms with E-state index in [0.29, 0.717) is 12.5 Å². The van der Waals surface area contributed by atoms with Gasteiger partial charge in [0.05, 0.1) is 23.1 Å². The number of carbonyl (C=O) groups excluding carboxylic acids is 2. The number of carboxylic acids is 2. The standard InChI is InChI=1S/2C4H8O3.C4H10O.C3H8O.Ti/c2*1-4(2,7)3(5)6;1-4(2)3-5;1-3(2)4;/h2*7H,1-2H3,(H,5,6);4-5H,3H2,1-2H3;3-4H,1-2H3;/q;;;;+2/p-2. The Kier molecular flexibility index (Phi) is 25.1. The van der Waals surface area contributed by atoms with E-state index in [1.54, 1.807) is 13.8 Å². The van der Waals surface area contributed by atoms with Gasteiger partial charge in [-0.25, -0.2) is 0 Å². The third kappa shape index (κ3) is 49.6. The number of aliphatic carboxylic acids is 2. The first-order valence-corrected chi connectivity index (χ1v) is 7.06. The van der Waals surface area contributed by atoms with Crippen LogP contribution in [0.15, 0.2) is 0 Å².